The fourth-order valence-electron chi connectivity index (χ4n) is 6.18. The van der Waals surface area contributed by atoms with Crippen LogP contribution in [0, 0.1) is 20.8 Å². The van der Waals surface area contributed by atoms with Gasteiger partial charge in [0, 0.05) is 18.7 Å². The molecule has 1 aliphatic carbocycles. The van der Waals surface area contributed by atoms with Crippen molar-refractivity contribution in [2.24, 2.45) is 0 Å². The van der Waals surface area contributed by atoms with E-state index in [0.29, 0.717) is 12.6 Å². The largest absolute Gasteiger partial charge is 0.321 e. The summed E-state index contributed by atoms with van der Waals surface area (Å²) < 4.78 is 2.09. The van der Waals surface area contributed by atoms with E-state index in [1.54, 1.807) is 0 Å². The molecule has 0 unspecified atom stereocenters. The van der Waals surface area contributed by atoms with Gasteiger partial charge in [0.05, 0.1) is 17.6 Å². The monoisotopic (exact) mass is 512 g/mol. The number of aryl methyl sites for hydroxylation is 3. The van der Waals surface area contributed by atoms with Gasteiger partial charge in [-0.15, -0.1) is 5.10 Å². The Morgan fingerprint density at radius 3 is 2.58 bits per heavy atom. The lowest BCUT2D eigenvalue weighted by Gasteiger charge is -2.32. The highest BCUT2D eigenvalue weighted by atomic mass is 16.1. The molecule has 4 aromatic rings. The van der Waals surface area contributed by atoms with Crippen molar-refractivity contribution in [3.8, 4) is 0 Å². The first-order valence-electron chi connectivity index (χ1n) is 14.1. The van der Waals surface area contributed by atoms with Crippen LogP contribution in [-0.4, -0.2) is 36.6 Å². The van der Waals surface area contributed by atoms with E-state index in [1.807, 2.05) is 0 Å². The highest BCUT2D eigenvalue weighted by molar-refractivity contribution is 5.82. The zero-order chi connectivity index (χ0) is 26.6. The highest BCUT2D eigenvalue weighted by Gasteiger charge is 2.29. The topological polar surface area (TPSA) is 79.7 Å². The lowest BCUT2D eigenvalue weighted by molar-refractivity contribution is 0.165. The second-order valence-electron chi connectivity index (χ2n) is 11.0. The predicted octanol–water partition coefficient (Wildman–Crippen LogP) is 6.14. The Hall–Kier alpha value is -3.32. The minimum absolute atomic E-state index is 0.0188. The van der Waals surface area contributed by atoms with Crippen molar-refractivity contribution in [2.75, 3.05) is 6.54 Å². The van der Waals surface area contributed by atoms with Crippen LogP contribution in [0.2, 0.25) is 0 Å². The van der Waals surface area contributed by atoms with Gasteiger partial charge in [-0.3, -0.25) is 9.69 Å². The number of hydrogen-bond acceptors (Lipinski definition) is 5. The molecule has 0 saturated heterocycles. The number of H-pyrrole nitrogens is 1. The Morgan fingerprint density at radius 2 is 1.82 bits per heavy atom. The number of aromatic amines is 1. The third kappa shape index (κ3) is 5.58. The van der Waals surface area contributed by atoms with Gasteiger partial charge in [0.2, 0.25) is 0 Å². The molecule has 0 aliphatic heterocycles. The summed E-state index contributed by atoms with van der Waals surface area (Å²) in [4.78, 5) is 18.9. The summed E-state index contributed by atoms with van der Waals surface area (Å²) in [5.74, 6) is 0.924. The Kier molecular flexibility index (Phi) is 8.03. The van der Waals surface area contributed by atoms with Crippen molar-refractivity contribution in [1.82, 2.24) is 30.1 Å². The number of nitrogens with one attached hydrogen (secondary N) is 1. The van der Waals surface area contributed by atoms with Crippen molar-refractivity contribution in [1.29, 1.82) is 0 Å². The summed E-state index contributed by atoms with van der Waals surface area (Å²) in [5.41, 5.74) is 6.60. The summed E-state index contributed by atoms with van der Waals surface area (Å²) in [6, 6.07) is 15.3. The van der Waals surface area contributed by atoms with Crippen LogP contribution in [0.3, 0.4) is 0 Å². The molecule has 5 rings (SSSR count). The lowest BCUT2D eigenvalue weighted by atomic mass is 9.95. The van der Waals surface area contributed by atoms with Crippen LogP contribution >= 0.6 is 0 Å². The van der Waals surface area contributed by atoms with Gasteiger partial charge in [-0.2, -0.15) is 0 Å². The average molecular weight is 513 g/mol. The van der Waals surface area contributed by atoms with Gasteiger partial charge >= 0.3 is 0 Å². The molecule has 0 bridgehead atoms. The minimum Gasteiger partial charge on any atom is -0.321 e. The van der Waals surface area contributed by atoms with E-state index in [0.717, 1.165) is 60.1 Å². The van der Waals surface area contributed by atoms with Crippen LogP contribution < -0.4 is 5.56 Å². The summed E-state index contributed by atoms with van der Waals surface area (Å²) in [6.07, 6.45) is 7.76. The molecule has 0 amide bonds. The third-order valence-electron chi connectivity index (χ3n) is 8.24. The van der Waals surface area contributed by atoms with E-state index in [2.05, 4.69) is 100 Å². The molecule has 2 aromatic carbocycles. The summed E-state index contributed by atoms with van der Waals surface area (Å²) in [7, 11) is 0. The Balaban J connectivity index is 1.51. The van der Waals surface area contributed by atoms with Gasteiger partial charge in [0.25, 0.3) is 5.56 Å². The molecule has 7 nitrogen and oxygen atoms in total. The molecular formula is C31H40N6O. The number of nitrogens with zero attached hydrogens (tertiary/aromatic N) is 5. The molecule has 2 heterocycles. The van der Waals surface area contributed by atoms with Gasteiger partial charge in [0.15, 0.2) is 5.82 Å². The number of aromatic nitrogens is 5. The van der Waals surface area contributed by atoms with Gasteiger partial charge < -0.3 is 4.98 Å². The molecule has 1 fully saturated rings. The number of hydrogen-bond donors (Lipinski definition) is 1. The number of fused-ring (bicyclic) bond motifs is 1. The van der Waals surface area contributed by atoms with Crippen molar-refractivity contribution >= 4 is 10.9 Å². The number of tetrazole rings is 1. The molecule has 7 heteroatoms. The van der Waals surface area contributed by atoms with Gasteiger partial charge in [-0.05, 0) is 91.1 Å². The molecular weight excluding hydrogens is 472 g/mol. The fraction of sp³-hybridized carbons (Fsp3) is 0.484. The van der Waals surface area contributed by atoms with E-state index >= 15 is 0 Å². The fourth-order valence-corrected chi connectivity index (χ4v) is 6.18. The van der Waals surface area contributed by atoms with Crippen molar-refractivity contribution in [2.45, 2.75) is 91.3 Å². The number of pyridine rings is 1. The van der Waals surface area contributed by atoms with Crippen molar-refractivity contribution in [3.05, 3.63) is 86.5 Å². The highest BCUT2D eigenvalue weighted by Crippen LogP contribution is 2.32. The lowest BCUT2D eigenvalue weighted by Crippen LogP contribution is -2.35. The van der Waals surface area contributed by atoms with E-state index in [-0.39, 0.29) is 11.6 Å². The van der Waals surface area contributed by atoms with Gasteiger partial charge in [0.1, 0.15) is 0 Å². The predicted molar refractivity (Wildman–Crippen MR) is 152 cm³/mol. The Labute approximate surface area is 225 Å². The van der Waals surface area contributed by atoms with Crippen LogP contribution in [0.5, 0.6) is 0 Å². The molecule has 1 N–H and O–H groups in total. The number of rotatable bonds is 9. The molecule has 1 aliphatic rings. The average Bonchev–Trinajstić information content (AvgIpc) is 3.39. The molecule has 38 heavy (non-hydrogen) atoms. The van der Waals surface area contributed by atoms with E-state index in [9.17, 15) is 4.79 Å². The molecule has 0 radical (unpaired) electrons. The first-order valence-corrected chi connectivity index (χ1v) is 14.1. The Morgan fingerprint density at radius 1 is 1.03 bits per heavy atom. The third-order valence-corrected chi connectivity index (χ3v) is 8.24. The zero-order valence-corrected chi connectivity index (χ0v) is 23.2. The van der Waals surface area contributed by atoms with Gasteiger partial charge in [-0.1, -0.05) is 62.1 Å². The van der Waals surface area contributed by atoms with Crippen molar-refractivity contribution < 1.29 is 0 Å². The van der Waals surface area contributed by atoms with Crippen LogP contribution in [0.25, 0.3) is 10.9 Å². The maximum Gasteiger partial charge on any atom is 0.252 e. The van der Waals surface area contributed by atoms with Crippen LogP contribution in [-0.2, 0) is 13.0 Å². The molecule has 2 aromatic heterocycles. The molecule has 1 atom stereocenters. The van der Waals surface area contributed by atoms with E-state index in [1.165, 1.54) is 36.0 Å². The van der Waals surface area contributed by atoms with Crippen LogP contribution in [0.1, 0.15) is 91.2 Å². The molecule has 200 valence electrons. The first-order chi connectivity index (χ1) is 18.4. The number of benzene rings is 2. The maximum absolute atomic E-state index is 13.3. The first kappa shape index (κ1) is 26.3. The van der Waals surface area contributed by atoms with Gasteiger partial charge in [-0.25, -0.2) is 4.68 Å². The molecule has 0 spiro atoms. The maximum atomic E-state index is 13.3. The van der Waals surface area contributed by atoms with E-state index in [4.69, 9.17) is 0 Å². The summed E-state index contributed by atoms with van der Waals surface area (Å²) in [5, 5.41) is 14.3. The molecule has 1 saturated carbocycles. The van der Waals surface area contributed by atoms with Crippen LogP contribution in [0.15, 0.2) is 47.3 Å². The Bertz CT molecular complexity index is 1450. The van der Waals surface area contributed by atoms with Crippen LogP contribution in [0.4, 0.5) is 0 Å². The minimum atomic E-state index is -0.0212. The second kappa shape index (κ2) is 11.6. The SMILES string of the molecule is CC[C@@H](c1nnnn1C1CCCCC1)N(CCc1ccccc1C)Cc1cc2cc(C)cc(C)c2[nH]c1=O. The van der Waals surface area contributed by atoms with Crippen molar-refractivity contribution in [3.63, 3.8) is 0 Å². The normalized spacial score (nSPS) is 15.4. The van der Waals surface area contributed by atoms with E-state index < -0.39 is 0 Å². The zero-order valence-electron chi connectivity index (χ0n) is 23.2. The smallest absolute Gasteiger partial charge is 0.252 e. The second-order valence-corrected chi connectivity index (χ2v) is 11.0. The summed E-state index contributed by atoms with van der Waals surface area (Å²) in [6.45, 7) is 9.87. The quantitative estimate of drug-likeness (QED) is 0.291. The standard InChI is InChI=1S/C31H40N6O/c1-5-28(30-33-34-35-37(30)27-13-7-6-8-14-27)36(16-15-24-12-10-9-11-22(24)3)20-26-19-25-18-21(2)17-23(4)29(25)32-31(26)38/h9-12,17-19,27-28H,5-8,13-16,20H2,1-4H3,(H,32,38)/t28-/m0/s1. The summed E-state index contributed by atoms with van der Waals surface area (Å²) >= 11 is 0.